The Morgan fingerprint density at radius 2 is 1.65 bits per heavy atom. The summed E-state index contributed by atoms with van der Waals surface area (Å²) in [6.45, 7) is 5.59. The van der Waals surface area contributed by atoms with Crippen LogP contribution in [0, 0.1) is 5.92 Å². The predicted molar refractivity (Wildman–Crippen MR) is 181 cm³/mol. The lowest BCUT2D eigenvalue weighted by molar-refractivity contribution is -0.145. The summed E-state index contributed by atoms with van der Waals surface area (Å²) in [5.74, 6) is -4.49. The number of thiol groups is 1. The second-order valence-electron chi connectivity index (χ2n) is 12.3. The summed E-state index contributed by atoms with van der Waals surface area (Å²) in [6, 6.07) is 4.17. The van der Waals surface area contributed by atoms with E-state index in [9.17, 15) is 38.7 Å². The largest absolute Gasteiger partial charge is 0.480 e. The summed E-state index contributed by atoms with van der Waals surface area (Å²) in [4.78, 5) is 90.1. The van der Waals surface area contributed by atoms with Crippen LogP contribution in [0.5, 0.6) is 0 Å². The molecule has 1 saturated heterocycles. The van der Waals surface area contributed by atoms with E-state index in [4.69, 9.17) is 15.2 Å². The number of esters is 1. The summed E-state index contributed by atoms with van der Waals surface area (Å²) >= 11 is 4.42. The van der Waals surface area contributed by atoms with Crippen LogP contribution in [0.4, 0.5) is 4.79 Å². The smallest absolute Gasteiger partial charge is 0.408 e. The standard InChI is InChI=1S/C33H49N5O10S/c1-4-47-28(40)18-22(49)12-13-23(37-33(46)48-19-21-9-6-5-7-10-21)29(41)35-24(14-15-27(34)39)31(43)38-16-8-11-26(38)30(42)36-25(32(44)45)17-20(2)3/h5-7,9-10,20,22-26,49H,4,8,11-19H2,1-3H3,(H2,34,39)(H,35,41)(H,36,42)(H,37,46)(H,44,45)/t22-,23-,24-,25-,26-/m0/s1. The molecule has 0 aliphatic carbocycles. The number of primary amides is 1. The summed E-state index contributed by atoms with van der Waals surface area (Å²) in [5, 5.41) is 16.7. The number of nitrogens with one attached hydrogen (secondary N) is 3. The van der Waals surface area contributed by atoms with Gasteiger partial charge in [-0.05, 0) is 56.9 Å². The third-order valence-electron chi connectivity index (χ3n) is 7.77. The highest BCUT2D eigenvalue weighted by molar-refractivity contribution is 7.81. The van der Waals surface area contributed by atoms with E-state index >= 15 is 0 Å². The minimum atomic E-state index is -1.31. The van der Waals surface area contributed by atoms with Gasteiger partial charge >= 0.3 is 18.0 Å². The van der Waals surface area contributed by atoms with E-state index in [2.05, 4.69) is 28.6 Å². The number of alkyl carbamates (subject to hydrolysis) is 1. The zero-order chi connectivity index (χ0) is 36.5. The second kappa shape index (κ2) is 20.9. The van der Waals surface area contributed by atoms with Gasteiger partial charge in [-0.3, -0.25) is 24.0 Å². The Labute approximate surface area is 291 Å². The van der Waals surface area contributed by atoms with Crippen LogP contribution in [-0.4, -0.2) is 94.2 Å². The average Bonchev–Trinajstić information content (AvgIpc) is 3.54. The van der Waals surface area contributed by atoms with Crippen LogP contribution in [0.2, 0.25) is 0 Å². The van der Waals surface area contributed by atoms with Crippen molar-refractivity contribution in [2.75, 3.05) is 13.2 Å². The Kier molecular flexibility index (Phi) is 17.4. The molecule has 2 rings (SSSR count). The number of ether oxygens (including phenoxy) is 2. The minimum absolute atomic E-state index is 0.00224. The molecule has 49 heavy (non-hydrogen) atoms. The number of hydrogen-bond acceptors (Lipinski definition) is 10. The van der Waals surface area contributed by atoms with E-state index in [0.717, 1.165) is 0 Å². The fourth-order valence-corrected chi connectivity index (χ4v) is 5.63. The second-order valence-corrected chi connectivity index (χ2v) is 13.0. The maximum absolute atomic E-state index is 13.8. The SMILES string of the molecule is CCOC(=O)C[C@@H](S)CC[C@H](NC(=O)OCc1ccccc1)C(=O)N[C@@H](CCC(N)=O)C(=O)N1CCC[C@H]1C(=O)N[C@@H](CC(C)C)C(=O)O. The lowest BCUT2D eigenvalue weighted by Crippen LogP contribution is -2.57. The number of carbonyl (C=O) groups excluding carboxylic acids is 6. The molecule has 0 aromatic heterocycles. The molecule has 0 spiro atoms. The van der Waals surface area contributed by atoms with E-state index in [1.807, 2.05) is 13.8 Å². The van der Waals surface area contributed by atoms with Crippen LogP contribution in [0.15, 0.2) is 30.3 Å². The summed E-state index contributed by atoms with van der Waals surface area (Å²) < 4.78 is 10.3. The number of carboxylic acid groups (broad SMARTS) is 1. The Hall–Kier alpha value is -4.34. The van der Waals surface area contributed by atoms with Crippen molar-refractivity contribution in [2.24, 2.45) is 11.7 Å². The fourth-order valence-electron chi connectivity index (χ4n) is 5.33. The first-order valence-corrected chi connectivity index (χ1v) is 17.0. The highest BCUT2D eigenvalue weighted by atomic mass is 32.1. The topological polar surface area (TPSA) is 224 Å². The zero-order valence-corrected chi connectivity index (χ0v) is 29.1. The van der Waals surface area contributed by atoms with Gasteiger partial charge in [0.25, 0.3) is 0 Å². The fraction of sp³-hybridized carbons (Fsp3) is 0.606. The number of likely N-dealkylation sites (tertiary alicyclic amines) is 1. The Morgan fingerprint density at radius 1 is 0.959 bits per heavy atom. The quantitative estimate of drug-likeness (QED) is 0.0850. The van der Waals surface area contributed by atoms with Crippen LogP contribution < -0.4 is 21.7 Å². The van der Waals surface area contributed by atoms with Crippen molar-refractivity contribution in [3.05, 3.63) is 35.9 Å². The first-order chi connectivity index (χ1) is 23.2. The van der Waals surface area contributed by atoms with Crippen molar-refractivity contribution in [3.63, 3.8) is 0 Å². The molecule has 1 aliphatic heterocycles. The van der Waals surface area contributed by atoms with E-state index in [1.54, 1.807) is 37.3 Å². The molecule has 1 aromatic carbocycles. The third kappa shape index (κ3) is 14.8. The zero-order valence-electron chi connectivity index (χ0n) is 28.2. The number of nitrogens with two attached hydrogens (primary N) is 1. The number of carboxylic acids is 1. The van der Waals surface area contributed by atoms with Gasteiger partial charge in [-0.2, -0.15) is 12.6 Å². The van der Waals surface area contributed by atoms with Crippen molar-refractivity contribution >= 4 is 54.3 Å². The van der Waals surface area contributed by atoms with Crippen molar-refractivity contribution in [2.45, 2.75) is 108 Å². The van der Waals surface area contributed by atoms with Gasteiger partial charge in [-0.15, -0.1) is 0 Å². The molecule has 272 valence electrons. The molecule has 0 bridgehead atoms. The van der Waals surface area contributed by atoms with Crippen molar-refractivity contribution in [1.29, 1.82) is 0 Å². The monoisotopic (exact) mass is 707 g/mol. The lowest BCUT2D eigenvalue weighted by atomic mass is 10.0. The average molecular weight is 708 g/mol. The molecular weight excluding hydrogens is 658 g/mol. The summed E-state index contributed by atoms with van der Waals surface area (Å²) in [5.41, 5.74) is 6.07. The Balaban J connectivity index is 2.23. The number of amides is 5. The minimum Gasteiger partial charge on any atom is -0.480 e. The first-order valence-electron chi connectivity index (χ1n) is 16.4. The number of hydrogen-bond donors (Lipinski definition) is 6. The summed E-state index contributed by atoms with van der Waals surface area (Å²) in [7, 11) is 0. The Morgan fingerprint density at radius 3 is 2.27 bits per heavy atom. The molecule has 1 aromatic rings. The van der Waals surface area contributed by atoms with E-state index in [-0.39, 0.29) is 70.6 Å². The molecule has 5 atom stereocenters. The lowest BCUT2D eigenvalue weighted by Gasteiger charge is -2.30. The van der Waals surface area contributed by atoms with E-state index in [1.165, 1.54) is 4.90 Å². The molecule has 0 radical (unpaired) electrons. The number of carbonyl (C=O) groups is 7. The first kappa shape index (κ1) is 40.8. The van der Waals surface area contributed by atoms with E-state index < -0.39 is 71.1 Å². The van der Waals surface area contributed by atoms with Gasteiger partial charge in [0.15, 0.2) is 0 Å². The number of benzene rings is 1. The molecule has 15 nitrogen and oxygen atoms in total. The highest BCUT2D eigenvalue weighted by Gasteiger charge is 2.39. The maximum Gasteiger partial charge on any atom is 0.408 e. The molecule has 16 heteroatoms. The van der Waals surface area contributed by atoms with Crippen LogP contribution in [0.3, 0.4) is 0 Å². The molecule has 1 heterocycles. The molecule has 0 unspecified atom stereocenters. The third-order valence-corrected chi connectivity index (χ3v) is 8.21. The van der Waals surface area contributed by atoms with E-state index in [0.29, 0.717) is 12.0 Å². The number of rotatable bonds is 20. The normalized spacial score (nSPS) is 16.5. The van der Waals surface area contributed by atoms with Crippen LogP contribution in [0.25, 0.3) is 0 Å². The van der Waals surface area contributed by atoms with Gasteiger partial charge in [0.2, 0.25) is 23.6 Å². The molecule has 6 N–H and O–H groups in total. The van der Waals surface area contributed by atoms with Crippen LogP contribution >= 0.6 is 12.6 Å². The maximum atomic E-state index is 13.8. The van der Waals surface area contributed by atoms with Gasteiger partial charge in [0, 0.05) is 18.2 Å². The van der Waals surface area contributed by atoms with Gasteiger partial charge in [-0.1, -0.05) is 44.2 Å². The van der Waals surface area contributed by atoms with Crippen molar-refractivity contribution in [1.82, 2.24) is 20.9 Å². The van der Waals surface area contributed by atoms with Crippen molar-refractivity contribution in [3.8, 4) is 0 Å². The predicted octanol–water partition coefficient (Wildman–Crippen LogP) is 1.67. The molecule has 0 saturated carbocycles. The van der Waals surface area contributed by atoms with Crippen LogP contribution in [-0.2, 0) is 44.8 Å². The molecular formula is C33H49N5O10S. The van der Waals surface area contributed by atoms with Gasteiger partial charge in [0.1, 0.15) is 30.8 Å². The van der Waals surface area contributed by atoms with Gasteiger partial charge < -0.3 is 41.2 Å². The summed E-state index contributed by atoms with van der Waals surface area (Å²) in [6.07, 6.45) is -0.323. The van der Waals surface area contributed by atoms with Crippen molar-refractivity contribution < 1.29 is 48.1 Å². The molecule has 1 aliphatic rings. The number of aliphatic carboxylic acids is 1. The van der Waals surface area contributed by atoms with Gasteiger partial charge in [0.05, 0.1) is 13.0 Å². The highest BCUT2D eigenvalue weighted by Crippen LogP contribution is 2.21. The van der Waals surface area contributed by atoms with Gasteiger partial charge in [-0.25, -0.2) is 9.59 Å². The molecule has 5 amide bonds. The van der Waals surface area contributed by atoms with Crippen LogP contribution in [0.1, 0.15) is 77.7 Å². The molecule has 1 fully saturated rings. The Bertz CT molecular complexity index is 1300. The number of nitrogens with zero attached hydrogens (tertiary/aromatic N) is 1.